The van der Waals surface area contributed by atoms with Crippen LogP contribution in [0, 0.1) is 0 Å². The fourth-order valence-corrected chi connectivity index (χ4v) is 1.08. The van der Waals surface area contributed by atoms with E-state index in [1.165, 1.54) is 0 Å². The molecule has 0 aromatic rings. The molecule has 2 atom stereocenters. The highest BCUT2D eigenvalue weighted by atomic mass is 16.5. The Bertz CT molecular complexity index is 233. The molecule has 0 aliphatic heterocycles. The van der Waals surface area contributed by atoms with Gasteiger partial charge in [0.15, 0.2) is 0 Å². The molecule has 0 aromatic heterocycles. The zero-order valence-electron chi connectivity index (χ0n) is 9.95. The molecule has 0 heterocycles. The van der Waals surface area contributed by atoms with Crippen LogP contribution in [0.1, 0.15) is 26.7 Å². The average Bonchev–Trinajstić information content (AvgIpc) is 2.25. The van der Waals surface area contributed by atoms with Gasteiger partial charge >= 0.3 is 12.0 Å². The average molecular weight is 232 g/mol. The van der Waals surface area contributed by atoms with E-state index >= 15 is 0 Å². The molecule has 0 aromatic carbocycles. The Morgan fingerprint density at radius 1 is 1.44 bits per heavy atom. The molecule has 0 saturated carbocycles. The number of carboxylic acid groups (broad SMARTS) is 1. The Balaban J connectivity index is 3.95. The van der Waals surface area contributed by atoms with Crippen LogP contribution in [0.3, 0.4) is 0 Å². The van der Waals surface area contributed by atoms with Gasteiger partial charge in [0.2, 0.25) is 0 Å². The van der Waals surface area contributed by atoms with E-state index in [0.29, 0.717) is 19.4 Å². The lowest BCUT2D eigenvalue weighted by molar-refractivity contribution is -0.139. The molecule has 0 aliphatic carbocycles. The van der Waals surface area contributed by atoms with E-state index in [1.54, 1.807) is 14.0 Å². The van der Waals surface area contributed by atoms with Crippen LogP contribution in [0.4, 0.5) is 4.79 Å². The smallest absolute Gasteiger partial charge is 0.326 e. The van der Waals surface area contributed by atoms with Crippen molar-refractivity contribution in [1.29, 1.82) is 0 Å². The molecule has 2 amide bonds. The minimum absolute atomic E-state index is 0.0970. The lowest BCUT2D eigenvalue weighted by atomic mass is 10.2. The van der Waals surface area contributed by atoms with Gasteiger partial charge < -0.3 is 20.5 Å². The van der Waals surface area contributed by atoms with Crippen LogP contribution in [0.5, 0.6) is 0 Å². The third-order valence-electron chi connectivity index (χ3n) is 2.13. The summed E-state index contributed by atoms with van der Waals surface area (Å²) in [6, 6.07) is -1.31. The molecule has 6 heteroatoms. The molecule has 0 radical (unpaired) electrons. The topological polar surface area (TPSA) is 87.7 Å². The van der Waals surface area contributed by atoms with Crippen LogP contribution in [-0.4, -0.2) is 42.9 Å². The van der Waals surface area contributed by atoms with Crippen molar-refractivity contribution in [2.45, 2.75) is 38.8 Å². The van der Waals surface area contributed by atoms with Crippen molar-refractivity contribution in [3.05, 3.63) is 0 Å². The van der Waals surface area contributed by atoms with Crippen molar-refractivity contribution in [3.8, 4) is 0 Å². The van der Waals surface area contributed by atoms with Gasteiger partial charge in [0.05, 0.1) is 6.10 Å². The summed E-state index contributed by atoms with van der Waals surface area (Å²) in [6.45, 7) is 4.02. The van der Waals surface area contributed by atoms with Crippen LogP contribution in [0.15, 0.2) is 0 Å². The third kappa shape index (κ3) is 6.23. The predicted molar refractivity (Wildman–Crippen MR) is 59.3 cm³/mol. The quantitative estimate of drug-likeness (QED) is 0.599. The first-order valence-electron chi connectivity index (χ1n) is 5.31. The molecule has 16 heavy (non-hydrogen) atoms. The summed E-state index contributed by atoms with van der Waals surface area (Å²) < 4.78 is 4.94. The number of urea groups is 1. The van der Waals surface area contributed by atoms with Crippen molar-refractivity contribution in [1.82, 2.24) is 10.6 Å². The molecular formula is C10H20N2O4. The van der Waals surface area contributed by atoms with Gasteiger partial charge in [-0.2, -0.15) is 0 Å². The number of methoxy groups -OCH3 is 1. The molecule has 2 unspecified atom stereocenters. The Kier molecular flexibility index (Phi) is 7.28. The third-order valence-corrected chi connectivity index (χ3v) is 2.13. The molecule has 0 saturated heterocycles. The zero-order chi connectivity index (χ0) is 12.6. The number of hydrogen-bond acceptors (Lipinski definition) is 3. The highest BCUT2D eigenvalue weighted by molar-refractivity contribution is 5.82. The number of rotatable bonds is 7. The van der Waals surface area contributed by atoms with E-state index in [1.807, 2.05) is 6.92 Å². The predicted octanol–water partition coefficient (Wildman–Crippen LogP) is 0.574. The molecule has 3 N–H and O–H groups in total. The van der Waals surface area contributed by atoms with Crippen LogP contribution in [0.25, 0.3) is 0 Å². The summed E-state index contributed by atoms with van der Waals surface area (Å²) in [6.07, 6.45) is 1.02. The fraction of sp³-hybridized carbons (Fsp3) is 0.800. The number of carbonyl (C=O) groups excluding carboxylic acids is 1. The van der Waals surface area contributed by atoms with E-state index in [0.717, 1.165) is 0 Å². The van der Waals surface area contributed by atoms with E-state index < -0.39 is 18.0 Å². The molecule has 0 bridgehead atoms. The van der Waals surface area contributed by atoms with Crippen molar-refractivity contribution in [3.63, 3.8) is 0 Å². The van der Waals surface area contributed by atoms with Crippen molar-refractivity contribution in [2.24, 2.45) is 0 Å². The van der Waals surface area contributed by atoms with Gasteiger partial charge in [-0.3, -0.25) is 0 Å². The van der Waals surface area contributed by atoms with Gasteiger partial charge in [0.1, 0.15) is 6.04 Å². The molecule has 6 nitrogen and oxygen atoms in total. The highest BCUT2D eigenvalue weighted by Gasteiger charge is 2.18. The van der Waals surface area contributed by atoms with Crippen molar-refractivity contribution < 1.29 is 19.4 Å². The normalized spacial score (nSPS) is 13.9. The Morgan fingerprint density at radius 2 is 2.06 bits per heavy atom. The monoisotopic (exact) mass is 232 g/mol. The van der Waals surface area contributed by atoms with Gasteiger partial charge in [0, 0.05) is 13.7 Å². The van der Waals surface area contributed by atoms with Gasteiger partial charge in [-0.1, -0.05) is 13.3 Å². The summed E-state index contributed by atoms with van der Waals surface area (Å²) in [5.74, 6) is -1.02. The minimum atomic E-state index is -1.02. The largest absolute Gasteiger partial charge is 0.480 e. The first kappa shape index (κ1) is 14.7. The van der Waals surface area contributed by atoms with Gasteiger partial charge in [-0.15, -0.1) is 0 Å². The second-order valence-electron chi connectivity index (χ2n) is 3.58. The zero-order valence-corrected chi connectivity index (χ0v) is 9.95. The SMILES string of the molecule is CCCC(NC(=O)NCC(C)OC)C(=O)O. The number of aliphatic carboxylic acids is 1. The lowest BCUT2D eigenvalue weighted by Gasteiger charge is -2.15. The molecular weight excluding hydrogens is 212 g/mol. The van der Waals surface area contributed by atoms with Crippen LogP contribution in [0.2, 0.25) is 0 Å². The fourth-order valence-electron chi connectivity index (χ4n) is 1.08. The van der Waals surface area contributed by atoms with Crippen LogP contribution >= 0.6 is 0 Å². The molecule has 0 aliphatic rings. The van der Waals surface area contributed by atoms with Gasteiger partial charge in [-0.25, -0.2) is 9.59 Å². The maximum atomic E-state index is 11.3. The van der Waals surface area contributed by atoms with Crippen LogP contribution in [-0.2, 0) is 9.53 Å². The summed E-state index contributed by atoms with van der Waals surface area (Å²) in [7, 11) is 1.54. The van der Waals surface area contributed by atoms with Crippen LogP contribution < -0.4 is 10.6 Å². The second kappa shape index (κ2) is 7.92. The number of amides is 2. The lowest BCUT2D eigenvalue weighted by Crippen LogP contribution is -2.47. The van der Waals surface area contributed by atoms with E-state index in [4.69, 9.17) is 9.84 Å². The Morgan fingerprint density at radius 3 is 2.50 bits per heavy atom. The maximum Gasteiger partial charge on any atom is 0.326 e. The van der Waals surface area contributed by atoms with E-state index in [-0.39, 0.29) is 6.10 Å². The minimum Gasteiger partial charge on any atom is -0.480 e. The highest BCUT2D eigenvalue weighted by Crippen LogP contribution is 1.96. The standard InChI is InChI=1S/C10H20N2O4/c1-4-5-8(9(13)14)12-10(15)11-6-7(2)16-3/h7-8H,4-6H2,1-3H3,(H,13,14)(H2,11,12,15). The first-order chi connectivity index (χ1) is 7.51. The Labute approximate surface area is 95.4 Å². The van der Waals surface area contributed by atoms with E-state index in [9.17, 15) is 9.59 Å². The summed E-state index contributed by atoms with van der Waals surface area (Å²) in [5.41, 5.74) is 0. The van der Waals surface area contributed by atoms with E-state index in [2.05, 4.69) is 10.6 Å². The summed E-state index contributed by atoms with van der Waals surface area (Å²) in [4.78, 5) is 22.1. The summed E-state index contributed by atoms with van der Waals surface area (Å²) >= 11 is 0. The molecule has 94 valence electrons. The summed E-state index contributed by atoms with van der Waals surface area (Å²) in [5, 5.41) is 13.7. The van der Waals surface area contributed by atoms with Gasteiger partial charge in [0.25, 0.3) is 0 Å². The number of ether oxygens (including phenoxy) is 1. The maximum absolute atomic E-state index is 11.3. The Hall–Kier alpha value is -1.30. The molecule has 0 rings (SSSR count). The molecule has 0 spiro atoms. The molecule has 0 fully saturated rings. The van der Waals surface area contributed by atoms with Gasteiger partial charge in [-0.05, 0) is 13.3 Å². The number of hydrogen-bond donors (Lipinski definition) is 3. The van der Waals surface area contributed by atoms with Crippen molar-refractivity contribution in [2.75, 3.05) is 13.7 Å². The number of carbonyl (C=O) groups is 2. The second-order valence-corrected chi connectivity index (χ2v) is 3.58. The van der Waals surface area contributed by atoms with Crippen molar-refractivity contribution >= 4 is 12.0 Å². The number of carboxylic acids is 1. The first-order valence-corrected chi connectivity index (χ1v) is 5.31. The number of nitrogens with one attached hydrogen (secondary N) is 2.